The van der Waals surface area contributed by atoms with E-state index in [0.29, 0.717) is 32.7 Å². The predicted molar refractivity (Wildman–Crippen MR) is 160 cm³/mol. The molecule has 0 bridgehead atoms. The summed E-state index contributed by atoms with van der Waals surface area (Å²) in [6.07, 6.45) is -2.74. The van der Waals surface area contributed by atoms with Crippen LogP contribution in [-0.4, -0.2) is 116 Å². The topological polar surface area (TPSA) is 124 Å². The first-order valence-corrected chi connectivity index (χ1v) is 18.4. The summed E-state index contributed by atoms with van der Waals surface area (Å²) in [6.45, 7) is 10.2. The van der Waals surface area contributed by atoms with Crippen LogP contribution in [0.3, 0.4) is 0 Å². The van der Waals surface area contributed by atoms with Crippen molar-refractivity contribution in [1.29, 1.82) is 0 Å². The Hall–Kier alpha value is -1.16. The maximum atomic E-state index is 10.7. The summed E-state index contributed by atoms with van der Waals surface area (Å²) in [6, 6.07) is 8.61. The van der Waals surface area contributed by atoms with Crippen molar-refractivity contribution in [3.05, 3.63) is 29.8 Å². The Balaban J connectivity index is 2.21. The van der Waals surface area contributed by atoms with Gasteiger partial charge in [-0.2, -0.15) is 0 Å². The van der Waals surface area contributed by atoms with Gasteiger partial charge in [-0.1, -0.05) is 38.7 Å². The molecular formula is C30H54O11Si. The van der Waals surface area contributed by atoms with Crippen LogP contribution in [0.1, 0.15) is 25.3 Å². The molecule has 0 radical (unpaired) electrons. The Morgan fingerprint density at radius 2 is 1.64 bits per heavy atom. The van der Waals surface area contributed by atoms with E-state index in [1.54, 1.807) is 21.3 Å². The third-order valence-corrected chi connectivity index (χ3v) is 8.94. The summed E-state index contributed by atoms with van der Waals surface area (Å²) >= 11 is 0. The molecule has 1 aromatic rings. The van der Waals surface area contributed by atoms with Gasteiger partial charge in [-0.25, -0.2) is 0 Å². The van der Waals surface area contributed by atoms with Crippen LogP contribution in [0.4, 0.5) is 0 Å². The van der Waals surface area contributed by atoms with Gasteiger partial charge in [0, 0.05) is 41.9 Å². The first-order chi connectivity index (χ1) is 20.1. The minimum absolute atomic E-state index is 0.00642. The fourth-order valence-corrected chi connectivity index (χ4v) is 5.49. The number of hydrogen-bond donors (Lipinski definition) is 2. The summed E-state index contributed by atoms with van der Waals surface area (Å²) in [5.41, 5.74) is 0.950. The largest absolute Gasteiger partial charge is 0.497 e. The standard InChI is InChI=1S/C30H54O11Si/c1-22(12-13-36-19-33-2)28(39-20-34-3)30(40-21-37-14-15-42(5,6)7)27-16-26(29(41-27)25(32)17-31)38-18-23-8-10-24(35-4)11-9-23/h8-11,22,25-32H,12-21H2,1-7H3/t22-,25+,26-,27+,28-,29-,30-/m1/s1. The van der Waals surface area contributed by atoms with E-state index in [0.717, 1.165) is 17.4 Å². The lowest BCUT2D eigenvalue weighted by atomic mass is 9.92. The number of aliphatic hydroxyl groups excluding tert-OH is 2. The van der Waals surface area contributed by atoms with Crippen LogP contribution in [0.15, 0.2) is 24.3 Å². The maximum absolute atomic E-state index is 10.7. The highest BCUT2D eigenvalue weighted by atomic mass is 28.3. The zero-order valence-electron chi connectivity index (χ0n) is 26.5. The quantitative estimate of drug-likeness (QED) is 0.107. The zero-order valence-corrected chi connectivity index (χ0v) is 27.5. The Bertz CT molecular complexity index is 822. The number of ether oxygens (including phenoxy) is 9. The molecule has 11 nitrogen and oxygen atoms in total. The molecule has 0 unspecified atom stereocenters. The number of hydrogen-bond acceptors (Lipinski definition) is 11. The van der Waals surface area contributed by atoms with Gasteiger partial charge < -0.3 is 52.8 Å². The molecule has 2 N–H and O–H groups in total. The second-order valence-electron chi connectivity index (χ2n) is 11.9. The van der Waals surface area contributed by atoms with Crippen LogP contribution >= 0.6 is 0 Å². The summed E-state index contributed by atoms with van der Waals surface area (Å²) in [4.78, 5) is 0. The lowest BCUT2D eigenvalue weighted by Gasteiger charge is -2.35. The van der Waals surface area contributed by atoms with E-state index in [9.17, 15) is 10.2 Å². The van der Waals surface area contributed by atoms with Crippen LogP contribution in [0.5, 0.6) is 5.75 Å². The molecule has 1 saturated heterocycles. The zero-order chi connectivity index (χ0) is 31.0. The third kappa shape index (κ3) is 13.2. The van der Waals surface area contributed by atoms with Gasteiger partial charge in [0.2, 0.25) is 0 Å². The summed E-state index contributed by atoms with van der Waals surface area (Å²) < 4.78 is 52.1. The van der Waals surface area contributed by atoms with Crippen LogP contribution in [0.25, 0.3) is 0 Å². The molecule has 7 atom stereocenters. The fraction of sp³-hybridized carbons (Fsp3) is 0.800. The second-order valence-corrected chi connectivity index (χ2v) is 17.5. The Labute approximate surface area is 252 Å². The van der Waals surface area contributed by atoms with E-state index in [4.69, 9.17) is 42.6 Å². The molecular weight excluding hydrogens is 564 g/mol. The van der Waals surface area contributed by atoms with Crippen molar-refractivity contribution in [1.82, 2.24) is 0 Å². The van der Waals surface area contributed by atoms with Crippen LogP contribution in [-0.2, 0) is 44.5 Å². The molecule has 0 spiro atoms. The van der Waals surface area contributed by atoms with Crippen molar-refractivity contribution in [3.8, 4) is 5.75 Å². The number of rotatable bonds is 23. The van der Waals surface area contributed by atoms with E-state index in [2.05, 4.69) is 26.6 Å². The minimum Gasteiger partial charge on any atom is -0.497 e. The second kappa shape index (κ2) is 20.0. The highest BCUT2D eigenvalue weighted by Crippen LogP contribution is 2.33. The number of aliphatic hydroxyl groups is 2. The normalized spacial score (nSPS) is 22.2. The monoisotopic (exact) mass is 618 g/mol. The highest BCUT2D eigenvalue weighted by Gasteiger charge is 2.47. The van der Waals surface area contributed by atoms with Gasteiger partial charge in [-0.15, -0.1) is 0 Å². The van der Waals surface area contributed by atoms with Gasteiger partial charge >= 0.3 is 0 Å². The van der Waals surface area contributed by atoms with Crippen molar-refractivity contribution in [2.45, 2.75) is 88.7 Å². The van der Waals surface area contributed by atoms with Gasteiger partial charge in [0.25, 0.3) is 0 Å². The Morgan fingerprint density at radius 1 is 0.952 bits per heavy atom. The molecule has 1 heterocycles. The van der Waals surface area contributed by atoms with Gasteiger partial charge in [0.05, 0.1) is 38.6 Å². The molecule has 12 heteroatoms. The van der Waals surface area contributed by atoms with E-state index in [-0.39, 0.29) is 26.3 Å². The molecule has 1 aromatic carbocycles. The lowest BCUT2D eigenvalue weighted by molar-refractivity contribution is -0.211. The molecule has 0 saturated carbocycles. The molecule has 1 aliphatic heterocycles. The minimum atomic E-state index is -1.26. The molecule has 2 rings (SSSR count). The van der Waals surface area contributed by atoms with Crippen LogP contribution in [0.2, 0.25) is 25.7 Å². The van der Waals surface area contributed by atoms with E-state index in [1.807, 2.05) is 24.3 Å². The molecule has 42 heavy (non-hydrogen) atoms. The van der Waals surface area contributed by atoms with Gasteiger partial charge in [-0.05, 0) is 36.1 Å². The summed E-state index contributed by atoms with van der Waals surface area (Å²) in [5, 5.41) is 20.4. The molecule has 244 valence electrons. The highest BCUT2D eigenvalue weighted by molar-refractivity contribution is 6.76. The fourth-order valence-electron chi connectivity index (χ4n) is 4.73. The number of methoxy groups -OCH3 is 3. The van der Waals surface area contributed by atoms with Gasteiger partial charge in [-0.3, -0.25) is 0 Å². The lowest BCUT2D eigenvalue weighted by Crippen LogP contribution is -2.46. The summed E-state index contributed by atoms with van der Waals surface area (Å²) in [7, 11) is 3.51. The van der Waals surface area contributed by atoms with E-state index in [1.165, 1.54) is 0 Å². The van der Waals surface area contributed by atoms with Gasteiger partial charge in [0.1, 0.15) is 44.4 Å². The first-order valence-electron chi connectivity index (χ1n) is 14.7. The Kier molecular flexibility index (Phi) is 17.6. The first kappa shape index (κ1) is 37.0. The number of benzene rings is 1. The molecule has 1 aliphatic rings. The SMILES string of the molecule is COCOCC[C@@H](C)[C@@H](OCOC)[C@H](OCOCC[Si](C)(C)C)[C@@H]1C[C@@H](OCc2ccc(OC)cc2)[C@@H]([C@@H](O)CO)O1. The smallest absolute Gasteiger partial charge is 0.147 e. The van der Waals surface area contributed by atoms with Crippen molar-refractivity contribution in [2.75, 3.05) is 61.5 Å². The van der Waals surface area contributed by atoms with Crippen molar-refractivity contribution in [3.63, 3.8) is 0 Å². The van der Waals surface area contributed by atoms with E-state index >= 15 is 0 Å². The molecule has 0 aromatic heterocycles. The third-order valence-electron chi connectivity index (χ3n) is 7.24. The Morgan fingerprint density at radius 3 is 2.26 bits per heavy atom. The average Bonchev–Trinajstić information content (AvgIpc) is 3.40. The van der Waals surface area contributed by atoms with Crippen molar-refractivity contribution in [2.24, 2.45) is 5.92 Å². The van der Waals surface area contributed by atoms with Crippen LogP contribution < -0.4 is 4.74 Å². The molecule has 0 amide bonds. The van der Waals surface area contributed by atoms with Crippen LogP contribution in [0, 0.1) is 5.92 Å². The summed E-state index contributed by atoms with van der Waals surface area (Å²) in [5.74, 6) is 0.751. The van der Waals surface area contributed by atoms with E-state index < -0.39 is 51.3 Å². The predicted octanol–water partition coefficient (Wildman–Crippen LogP) is 3.42. The van der Waals surface area contributed by atoms with Gasteiger partial charge in [0.15, 0.2) is 0 Å². The maximum Gasteiger partial charge on any atom is 0.147 e. The van der Waals surface area contributed by atoms with Crippen molar-refractivity contribution >= 4 is 8.07 Å². The average molecular weight is 619 g/mol. The van der Waals surface area contributed by atoms with Crippen molar-refractivity contribution < 1.29 is 52.8 Å². The molecule has 1 fully saturated rings. The molecule has 0 aliphatic carbocycles.